The molecule has 0 saturated heterocycles. The van der Waals surface area contributed by atoms with Gasteiger partial charge in [-0.25, -0.2) is 9.97 Å². The minimum Gasteiger partial charge on any atom is -0.316 e. The van der Waals surface area contributed by atoms with Crippen LogP contribution in [0.1, 0.15) is 0 Å². The van der Waals surface area contributed by atoms with Gasteiger partial charge in [0.15, 0.2) is 5.82 Å². The van der Waals surface area contributed by atoms with Crippen LogP contribution in [0.4, 0.5) is 17.1 Å². The fourth-order valence-electron chi connectivity index (χ4n) is 7.44. The van der Waals surface area contributed by atoms with E-state index in [9.17, 15) is 0 Å². The molecule has 0 fully saturated rings. The van der Waals surface area contributed by atoms with Crippen molar-refractivity contribution in [3.05, 3.63) is 195 Å². The summed E-state index contributed by atoms with van der Waals surface area (Å²) >= 11 is 0. The van der Waals surface area contributed by atoms with E-state index in [-0.39, 0.29) is 0 Å². The van der Waals surface area contributed by atoms with E-state index < -0.39 is 0 Å². The van der Waals surface area contributed by atoms with Gasteiger partial charge in [0.25, 0.3) is 0 Å². The van der Waals surface area contributed by atoms with Crippen LogP contribution in [-0.4, -0.2) is 24.1 Å². The normalized spacial score (nSPS) is 11.4. The molecule has 0 amide bonds. The number of nitrogens with zero attached hydrogens (tertiary/aromatic N) is 6. The van der Waals surface area contributed by atoms with Gasteiger partial charge in [-0.05, 0) is 120 Å². The van der Waals surface area contributed by atoms with Crippen molar-refractivity contribution in [2.24, 2.45) is 0 Å². The zero-order valence-corrected chi connectivity index (χ0v) is 28.7. The first kappa shape index (κ1) is 30.5. The zero-order chi connectivity index (χ0) is 35.1. The molecule has 4 aromatic heterocycles. The monoisotopic (exact) mass is 680 g/mol. The Hall–Kier alpha value is -7.31. The first-order chi connectivity index (χ1) is 26.3. The molecule has 250 valence electrons. The zero-order valence-electron chi connectivity index (χ0n) is 28.7. The molecular weight excluding hydrogens is 649 g/mol. The average Bonchev–Trinajstić information content (AvgIpc) is 3.80. The highest BCUT2D eigenvalue weighted by Gasteiger charge is 2.19. The summed E-state index contributed by atoms with van der Waals surface area (Å²) in [5, 5.41) is 3.58. The van der Waals surface area contributed by atoms with Crippen LogP contribution < -0.4 is 4.90 Å². The summed E-state index contributed by atoms with van der Waals surface area (Å²) < 4.78 is 4.66. The summed E-state index contributed by atoms with van der Waals surface area (Å²) in [6.45, 7) is 0. The van der Waals surface area contributed by atoms with Crippen LogP contribution in [0.2, 0.25) is 0 Å². The number of rotatable bonds is 7. The van der Waals surface area contributed by atoms with Crippen molar-refractivity contribution in [3.8, 4) is 33.9 Å². The molecule has 6 aromatic carbocycles. The Balaban J connectivity index is 1.17. The molecule has 0 N–H and O–H groups in total. The van der Waals surface area contributed by atoms with E-state index in [0.717, 1.165) is 56.2 Å². The minimum absolute atomic E-state index is 0.703. The van der Waals surface area contributed by atoms with Gasteiger partial charge < -0.3 is 14.0 Å². The van der Waals surface area contributed by atoms with Crippen LogP contribution in [0.3, 0.4) is 0 Å². The fraction of sp³-hybridized carbons (Fsp3) is 0. The van der Waals surface area contributed by atoms with Crippen molar-refractivity contribution in [3.63, 3.8) is 0 Å². The second kappa shape index (κ2) is 12.8. The maximum Gasteiger partial charge on any atom is 0.159 e. The lowest BCUT2D eigenvalue weighted by molar-refractivity contribution is 1.12. The molecule has 6 nitrogen and oxygen atoms in total. The highest BCUT2D eigenvalue weighted by molar-refractivity contribution is 6.14. The maximum atomic E-state index is 4.48. The summed E-state index contributed by atoms with van der Waals surface area (Å²) in [5.41, 5.74) is 12.1. The van der Waals surface area contributed by atoms with Crippen molar-refractivity contribution in [1.82, 2.24) is 24.1 Å². The van der Waals surface area contributed by atoms with Crippen LogP contribution in [0.25, 0.3) is 66.6 Å². The number of pyridine rings is 1. The lowest BCUT2D eigenvalue weighted by Crippen LogP contribution is -2.10. The van der Waals surface area contributed by atoms with Crippen molar-refractivity contribution >= 4 is 49.8 Å². The minimum atomic E-state index is 0.703. The number of para-hydroxylation sites is 2. The molecule has 0 aliphatic heterocycles. The number of anilines is 3. The molecule has 0 aliphatic rings. The van der Waals surface area contributed by atoms with Crippen LogP contribution in [-0.2, 0) is 0 Å². The van der Waals surface area contributed by atoms with Crippen LogP contribution in [0.5, 0.6) is 0 Å². The smallest absolute Gasteiger partial charge is 0.159 e. The molecule has 0 bridgehead atoms. The molecule has 0 aliphatic carbocycles. The van der Waals surface area contributed by atoms with E-state index in [1.54, 1.807) is 18.6 Å². The SMILES string of the molecule is c1ccc(-n2ccc3cc4c5cc(N(c6ccc(-c7cccnc7)cc6)c6ccc(-c7ncccn7)cc6)ccc5n(-c5ccccc5)c4cc32)cc1. The molecule has 0 spiro atoms. The summed E-state index contributed by atoms with van der Waals surface area (Å²) in [6, 6.07) is 58.0. The maximum absolute atomic E-state index is 4.48. The lowest BCUT2D eigenvalue weighted by atomic mass is 10.1. The van der Waals surface area contributed by atoms with E-state index in [1.807, 2.05) is 18.3 Å². The molecular formula is C47H32N6. The molecule has 0 atom stereocenters. The van der Waals surface area contributed by atoms with Gasteiger partial charge >= 0.3 is 0 Å². The Kier molecular flexibility index (Phi) is 7.36. The highest BCUT2D eigenvalue weighted by atomic mass is 15.1. The van der Waals surface area contributed by atoms with Gasteiger partial charge in [0.05, 0.1) is 16.6 Å². The van der Waals surface area contributed by atoms with E-state index in [1.165, 1.54) is 21.7 Å². The second-order valence-electron chi connectivity index (χ2n) is 13.1. The van der Waals surface area contributed by atoms with Crippen molar-refractivity contribution in [2.45, 2.75) is 0 Å². The van der Waals surface area contributed by atoms with Crippen molar-refractivity contribution < 1.29 is 0 Å². The Morgan fingerprint density at radius 1 is 0.434 bits per heavy atom. The second-order valence-corrected chi connectivity index (χ2v) is 13.1. The third-order valence-corrected chi connectivity index (χ3v) is 9.94. The molecule has 6 heteroatoms. The van der Waals surface area contributed by atoms with Crippen LogP contribution >= 0.6 is 0 Å². The van der Waals surface area contributed by atoms with E-state index in [4.69, 9.17) is 0 Å². The number of fused-ring (bicyclic) bond motifs is 4. The van der Waals surface area contributed by atoms with Gasteiger partial charge in [0.2, 0.25) is 0 Å². The summed E-state index contributed by atoms with van der Waals surface area (Å²) in [5.74, 6) is 0.703. The van der Waals surface area contributed by atoms with Gasteiger partial charge in [0.1, 0.15) is 0 Å². The van der Waals surface area contributed by atoms with E-state index in [0.29, 0.717) is 5.82 Å². The lowest BCUT2D eigenvalue weighted by Gasteiger charge is -2.26. The molecule has 10 rings (SSSR count). The largest absolute Gasteiger partial charge is 0.316 e. The summed E-state index contributed by atoms with van der Waals surface area (Å²) in [6.07, 6.45) is 9.42. The summed E-state index contributed by atoms with van der Waals surface area (Å²) in [7, 11) is 0. The standard InChI is InChI=1S/C47H32N6/c1-3-10-37(11-4-1)51-28-24-35-29-42-43-30-41(22-23-44(43)53(46(42)31-45(35)51)38-12-5-2-6-13-38)52(39-18-14-33(15-19-39)36-9-7-25-48-32-36)40-20-16-34(17-21-40)47-49-26-8-27-50-47/h1-32H. The average molecular weight is 681 g/mol. The Morgan fingerprint density at radius 2 is 1.09 bits per heavy atom. The van der Waals surface area contributed by atoms with Gasteiger partial charge in [-0.1, -0.05) is 54.6 Å². The van der Waals surface area contributed by atoms with E-state index >= 15 is 0 Å². The number of hydrogen-bond donors (Lipinski definition) is 0. The topological polar surface area (TPSA) is 51.8 Å². The quantitative estimate of drug-likeness (QED) is 0.168. The van der Waals surface area contributed by atoms with Gasteiger partial charge in [-0.3, -0.25) is 4.98 Å². The molecule has 53 heavy (non-hydrogen) atoms. The predicted octanol–water partition coefficient (Wildman–Crippen LogP) is 11.7. The number of aromatic nitrogens is 5. The Labute approximate surface area is 306 Å². The van der Waals surface area contributed by atoms with Gasteiger partial charge in [-0.2, -0.15) is 0 Å². The predicted molar refractivity (Wildman–Crippen MR) is 217 cm³/mol. The van der Waals surface area contributed by atoms with Crippen LogP contribution in [0.15, 0.2) is 195 Å². The van der Waals surface area contributed by atoms with E-state index in [2.05, 4.69) is 187 Å². The third kappa shape index (κ3) is 5.41. The Morgan fingerprint density at radius 3 is 1.79 bits per heavy atom. The number of hydrogen-bond acceptors (Lipinski definition) is 4. The molecule has 0 unspecified atom stereocenters. The van der Waals surface area contributed by atoms with Gasteiger partial charge in [-0.15, -0.1) is 0 Å². The fourth-order valence-corrected chi connectivity index (χ4v) is 7.44. The molecule has 10 aromatic rings. The first-order valence-corrected chi connectivity index (χ1v) is 17.7. The van der Waals surface area contributed by atoms with Crippen LogP contribution in [0, 0.1) is 0 Å². The molecule has 4 heterocycles. The van der Waals surface area contributed by atoms with Crippen molar-refractivity contribution in [1.29, 1.82) is 0 Å². The summed E-state index contributed by atoms with van der Waals surface area (Å²) in [4.78, 5) is 15.6. The first-order valence-electron chi connectivity index (χ1n) is 17.7. The third-order valence-electron chi connectivity index (χ3n) is 9.94. The number of benzene rings is 6. The van der Waals surface area contributed by atoms with Gasteiger partial charge in [0, 0.05) is 81.1 Å². The molecule has 0 saturated carbocycles. The molecule has 0 radical (unpaired) electrons. The van der Waals surface area contributed by atoms with Crippen molar-refractivity contribution in [2.75, 3.05) is 4.90 Å². The highest BCUT2D eigenvalue weighted by Crippen LogP contribution is 2.41. The Bertz CT molecular complexity index is 2760.